The van der Waals surface area contributed by atoms with Crippen LogP contribution in [0.5, 0.6) is 11.5 Å². The lowest BCUT2D eigenvalue weighted by molar-refractivity contribution is -0.139. The molecule has 0 saturated heterocycles. The van der Waals surface area contributed by atoms with Crippen molar-refractivity contribution in [2.24, 2.45) is 0 Å². The third-order valence-electron chi connectivity index (χ3n) is 5.76. The number of fused-ring (bicyclic) bond motifs is 3. The highest BCUT2D eigenvalue weighted by molar-refractivity contribution is 9.10. The first-order chi connectivity index (χ1) is 16.4. The number of aliphatic carboxylic acids is 1. The van der Waals surface area contributed by atoms with Crippen molar-refractivity contribution in [1.82, 2.24) is 5.32 Å². The fourth-order valence-corrected chi connectivity index (χ4v) is 4.72. The van der Waals surface area contributed by atoms with Crippen LogP contribution in [0.2, 0.25) is 0 Å². The molecule has 1 unspecified atom stereocenters. The molecule has 0 saturated carbocycles. The van der Waals surface area contributed by atoms with Crippen molar-refractivity contribution in [2.45, 2.75) is 25.3 Å². The van der Waals surface area contributed by atoms with Gasteiger partial charge in [0, 0.05) is 12.3 Å². The standard InChI is InChI=1S/C26H24BrNO6/c1-2-33-23-13-15(11-21(27)24(23)29)12-22(25(30)31)28-26(32)34-14-20-18-9-5-3-7-16(18)17-8-4-6-10-19(17)20/h3-11,13,20,22,29H,2,12,14H2,1H3,(H,28,32)(H,30,31). The lowest BCUT2D eigenvalue weighted by Gasteiger charge is -2.18. The Morgan fingerprint density at radius 2 is 1.68 bits per heavy atom. The molecular weight excluding hydrogens is 502 g/mol. The molecule has 7 nitrogen and oxygen atoms in total. The smallest absolute Gasteiger partial charge is 0.407 e. The quantitative estimate of drug-likeness (QED) is 0.378. The van der Waals surface area contributed by atoms with Crippen LogP contribution in [0, 0.1) is 0 Å². The van der Waals surface area contributed by atoms with E-state index >= 15 is 0 Å². The van der Waals surface area contributed by atoms with Gasteiger partial charge in [-0.2, -0.15) is 0 Å². The first-order valence-electron chi connectivity index (χ1n) is 10.9. The number of phenolic OH excluding ortho intramolecular Hbond substituents is 1. The second-order valence-corrected chi connectivity index (χ2v) is 8.78. The van der Waals surface area contributed by atoms with Gasteiger partial charge < -0.3 is 25.0 Å². The Balaban J connectivity index is 1.44. The molecule has 1 aliphatic rings. The number of hydrogen-bond donors (Lipinski definition) is 3. The largest absolute Gasteiger partial charge is 0.503 e. The van der Waals surface area contributed by atoms with Gasteiger partial charge >= 0.3 is 12.1 Å². The monoisotopic (exact) mass is 525 g/mol. The Hall–Kier alpha value is -3.52. The summed E-state index contributed by atoms with van der Waals surface area (Å²) in [5.41, 5.74) is 4.93. The van der Waals surface area contributed by atoms with Gasteiger partial charge in [-0.25, -0.2) is 9.59 Å². The summed E-state index contributed by atoms with van der Waals surface area (Å²) in [6, 6.07) is 17.9. The number of rotatable bonds is 8. The molecule has 0 aliphatic heterocycles. The van der Waals surface area contributed by atoms with E-state index in [4.69, 9.17) is 9.47 Å². The molecule has 0 fully saturated rings. The summed E-state index contributed by atoms with van der Waals surface area (Å²) in [5.74, 6) is -1.15. The number of nitrogens with one attached hydrogen (secondary N) is 1. The SMILES string of the molecule is CCOc1cc(CC(NC(=O)OCC2c3ccccc3-c3ccccc32)C(=O)O)cc(Br)c1O. The number of amides is 1. The molecule has 3 aromatic rings. The summed E-state index contributed by atoms with van der Waals surface area (Å²) < 4.78 is 11.2. The maximum Gasteiger partial charge on any atom is 0.407 e. The number of carboxylic acid groups (broad SMARTS) is 1. The number of alkyl carbamates (subject to hydrolysis) is 1. The third-order valence-corrected chi connectivity index (χ3v) is 6.37. The van der Waals surface area contributed by atoms with Crippen LogP contribution in [0.1, 0.15) is 29.5 Å². The summed E-state index contributed by atoms with van der Waals surface area (Å²) in [6.07, 6.45) is -0.824. The van der Waals surface area contributed by atoms with Crippen molar-refractivity contribution in [3.05, 3.63) is 81.8 Å². The van der Waals surface area contributed by atoms with Crippen LogP contribution < -0.4 is 10.1 Å². The zero-order chi connectivity index (χ0) is 24.2. The third kappa shape index (κ3) is 4.87. The fraction of sp³-hybridized carbons (Fsp3) is 0.231. The van der Waals surface area contributed by atoms with Gasteiger partial charge in [0.25, 0.3) is 0 Å². The van der Waals surface area contributed by atoms with E-state index < -0.39 is 18.1 Å². The number of hydrogen-bond acceptors (Lipinski definition) is 5. The van der Waals surface area contributed by atoms with Crippen molar-refractivity contribution in [1.29, 1.82) is 0 Å². The normalized spacial score (nSPS) is 13.0. The molecule has 0 aromatic heterocycles. The minimum Gasteiger partial charge on any atom is -0.503 e. The number of phenols is 1. The van der Waals surface area contributed by atoms with Crippen molar-refractivity contribution >= 4 is 28.0 Å². The molecule has 3 aromatic carbocycles. The zero-order valence-electron chi connectivity index (χ0n) is 18.5. The maximum atomic E-state index is 12.5. The first kappa shape index (κ1) is 23.6. The minimum absolute atomic E-state index is 0.0154. The molecule has 0 heterocycles. The molecule has 1 amide bonds. The predicted octanol–water partition coefficient (Wildman–Crippen LogP) is 5.09. The number of carboxylic acids is 1. The van der Waals surface area contributed by atoms with Crippen LogP contribution in [0.25, 0.3) is 11.1 Å². The molecule has 0 bridgehead atoms. The first-order valence-corrected chi connectivity index (χ1v) is 11.7. The second kappa shape index (κ2) is 10.2. The van der Waals surface area contributed by atoms with Gasteiger partial charge in [0.15, 0.2) is 11.5 Å². The lowest BCUT2D eigenvalue weighted by Crippen LogP contribution is -2.42. The van der Waals surface area contributed by atoms with E-state index in [1.54, 1.807) is 19.1 Å². The Labute approximate surface area is 205 Å². The van der Waals surface area contributed by atoms with Gasteiger partial charge in [-0.3, -0.25) is 0 Å². The summed E-state index contributed by atoms with van der Waals surface area (Å²) in [7, 11) is 0. The van der Waals surface area contributed by atoms with Gasteiger partial charge in [-0.05, 0) is 62.8 Å². The lowest BCUT2D eigenvalue weighted by atomic mass is 9.98. The van der Waals surface area contributed by atoms with Gasteiger partial charge in [-0.1, -0.05) is 48.5 Å². The van der Waals surface area contributed by atoms with E-state index in [2.05, 4.69) is 21.2 Å². The fourth-order valence-electron chi connectivity index (χ4n) is 4.23. The van der Waals surface area contributed by atoms with E-state index in [0.29, 0.717) is 16.6 Å². The number of ether oxygens (including phenoxy) is 2. The maximum absolute atomic E-state index is 12.5. The predicted molar refractivity (Wildman–Crippen MR) is 130 cm³/mol. The molecular formula is C26H24BrNO6. The van der Waals surface area contributed by atoms with Crippen LogP contribution in [0.4, 0.5) is 4.79 Å². The number of aromatic hydroxyl groups is 1. The van der Waals surface area contributed by atoms with E-state index in [9.17, 15) is 19.8 Å². The number of halogens is 1. The van der Waals surface area contributed by atoms with E-state index in [1.807, 2.05) is 48.5 Å². The summed E-state index contributed by atoms with van der Waals surface area (Å²) in [6.45, 7) is 2.20. The Morgan fingerprint density at radius 1 is 1.06 bits per heavy atom. The number of carbonyl (C=O) groups is 2. The highest BCUT2D eigenvalue weighted by Crippen LogP contribution is 2.44. The molecule has 0 radical (unpaired) electrons. The molecule has 8 heteroatoms. The molecule has 176 valence electrons. The van der Waals surface area contributed by atoms with Gasteiger partial charge in [-0.15, -0.1) is 0 Å². The second-order valence-electron chi connectivity index (χ2n) is 7.92. The molecule has 3 N–H and O–H groups in total. The van der Waals surface area contributed by atoms with Crippen LogP contribution in [-0.4, -0.2) is 41.5 Å². The topological polar surface area (TPSA) is 105 Å². The Kier molecular flexibility index (Phi) is 7.07. The molecule has 1 atom stereocenters. The van der Waals surface area contributed by atoms with Crippen LogP contribution >= 0.6 is 15.9 Å². The minimum atomic E-state index is -1.22. The van der Waals surface area contributed by atoms with Crippen molar-refractivity contribution in [3.63, 3.8) is 0 Å². The summed E-state index contributed by atoms with van der Waals surface area (Å²) in [5, 5.41) is 22.2. The van der Waals surface area contributed by atoms with Gasteiger partial charge in [0.2, 0.25) is 0 Å². The van der Waals surface area contributed by atoms with Crippen LogP contribution in [-0.2, 0) is 16.0 Å². The van der Waals surface area contributed by atoms with Crippen LogP contribution in [0.3, 0.4) is 0 Å². The molecule has 0 spiro atoms. The van der Waals surface area contributed by atoms with Crippen molar-refractivity contribution in [2.75, 3.05) is 13.2 Å². The van der Waals surface area contributed by atoms with E-state index in [1.165, 1.54) is 0 Å². The zero-order valence-corrected chi connectivity index (χ0v) is 20.0. The molecule has 1 aliphatic carbocycles. The average molecular weight is 526 g/mol. The Bertz CT molecular complexity index is 1180. The number of carbonyl (C=O) groups excluding carboxylic acids is 1. The molecule has 4 rings (SSSR count). The number of benzene rings is 3. The van der Waals surface area contributed by atoms with Gasteiger partial charge in [0.05, 0.1) is 11.1 Å². The van der Waals surface area contributed by atoms with E-state index in [0.717, 1.165) is 22.3 Å². The van der Waals surface area contributed by atoms with Crippen molar-refractivity contribution < 1.29 is 29.3 Å². The summed E-state index contributed by atoms with van der Waals surface area (Å²) >= 11 is 3.24. The van der Waals surface area contributed by atoms with Crippen LogP contribution in [0.15, 0.2) is 65.1 Å². The Morgan fingerprint density at radius 3 is 2.26 bits per heavy atom. The average Bonchev–Trinajstić information content (AvgIpc) is 3.14. The molecule has 34 heavy (non-hydrogen) atoms. The van der Waals surface area contributed by atoms with Gasteiger partial charge in [0.1, 0.15) is 12.6 Å². The van der Waals surface area contributed by atoms with Crippen molar-refractivity contribution in [3.8, 4) is 22.6 Å². The van der Waals surface area contributed by atoms with E-state index in [-0.39, 0.29) is 30.4 Å². The highest BCUT2D eigenvalue weighted by atomic mass is 79.9. The highest BCUT2D eigenvalue weighted by Gasteiger charge is 2.30. The summed E-state index contributed by atoms with van der Waals surface area (Å²) in [4.78, 5) is 24.4.